The van der Waals surface area contributed by atoms with Crippen LogP contribution in [0, 0.1) is 24.4 Å². The number of anilines is 1. The highest BCUT2D eigenvalue weighted by atomic mass is 32.2. The Hall–Kier alpha value is -3.26. The first-order valence-electron chi connectivity index (χ1n) is 10.3. The predicted octanol–water partition coefficient (Wildman–Crippen LogP) is 3.40. The van der Waals surface area contributed by atoms with E-state index in [2.05, 4.69) is 5.16 Å². The Bertz CT molecular complexity index is 1470. The fraction of sp³-hybridized carbons (Fsp3) is 0.333. The van der Waals surface area contributed by atoms with Gasteiger partial charge in [0.15, 0.2) is 11.4 Å². The molecule has 0 radical (unpaired) electrons. The van der Waals surface area contributed by atoms with Crippen LogP contribution in [0.1, 0.15) is 5.56 Å². The largest absolute Gasteiger partial charge is 0.354 e. The maximum absolute atomic E-state index is 15.3. The van der Waals surface area contributed by atoms with E-state index in [0.29, 0.717) is 0 Å². The van der Waals surface area contributed by atoms with E-state index in [1.54, 1.807) is 0 Å². The van der Waals surface area contributed by atoms with Gasteiger partial charge in [-0.1, -0.05) is 11.2 Å². The highest BCUT2D eigenvalue weighted by molar-refractivity contribution is 7.88. The molecular formula is C21H17F5N4O4S. The van der Waals surface area contributed by atoms with E-state index >= 15 is 13.2 Å². The third-order valence-electron chi connectivity index (χ3n) is 6.19. The third-order valence-corrected chi connectivity index (χ3v) is 6.90. The second kappa shape index (κ2) is 7.62. The highest BCUT2D eigenvalue weighted by Gasteiger charge is 2.63. The first kappa shape index (κ1) is 23.5. The summed E-state index contributed by atoms with van der Waals surface area (Å²) in [6.07, 6.45) is 0.724. The van der Waals surface area contributed by atoms with Crippen molar-refractivity contribution in [3.8, 4) is 11.1 Å². The molecule has 1 aromatic heterocycles. The number of amides is 2. The van der Waals surface area contributed by atoms with Crippen molar-refractivity contribution in [2.45, 2.75) is 24.9 Å². The number of hydrogen-bond donors (Lipinski definition) is 1. The van der Waals surface area contributed by atoms with Crippen LogP contribution in [0.3, 0.4) is 0 Å². The molecule has 2 amide bonds. The Morgan fingerprint density at radius 2 is 1.80 bits per heavy atom. The van der Waals surface area contributed by atoms with Crippen molar-refractivity contribution in [3.63, 3.8) is 0 Å². The van der Waals surface area contributed by atoms with E-state index in [0.717, 1.165) is 34.3 Å². The van der Waals surface area contributed by atoms with Crippen LogP contribution in [0.2, 0.25) is 0 Å². The number of rotatable bonds is 4. The number of carbonyl (C=O) groups is 1. The molecule has 0 aliphatic carbocycles. The van der Waals surface area contributed by atoms with Crippen molar-refractivity contribution in [1.29, 1.82) is 0 Å². The van der Waals surface area contributed by atoms with E-state index in [4.69, 9.17) is 4.52 Å². The molecule has 1 N–H and O–H groups in total. The lowest BCUT2D eigenvalue weighted by molar-refractivity contribution is -0.0324. The average Bonchev–Trinajstić information content (AvgIpc) is 3.37. The van der Waals surface area contributed by atoms with Crippen LogP contribution < -0.4 is 9.62 Å². The van der Waals surface area contributed by atoms with E-state index in [1.165, 1.54) is 13.0 Å². The van der Waals surface area contributed by atoms with Crippen LogP contribution in [-0.4, -0.2) is 61.9 Å². The van der Waals surface area contributed by atoms with Crippen molar-refractivity contribution in [3.05, 3.63) is 47.3 Å². The highest BCUT2D eigenvalue weighted by Crippen LogP contribution is 2.45. The normalized spacial score (nSPS) is 21.9. The predicted molar refractivity (Wildman–Crippen MR) is 114 cm³/mol. The minimum atomic E-state index is -3.99. The van der Waals surface area contributed by atoms with Gasteiger partial charge in [0.1, 0.15) is 29.5 Å². The lowest BCUT2D eigenvalue weighted by Gasteiger charge is -2.23. The summed E-state index contributed by atoms with van der Waals surface area (Å²) in [6.45, 7) is 0.0635. The molecule has 2 aliphatic rings. The summed E-state index contributed by atoms with van der Waals surface area (Å²) in [6, 6.07) is -0.391. The average molecular weight is 516 g/mol. The van der Waals surface area contributed by atoms with Crippen molar-refractivity contribution in [2.24, 2.45) is 0 Å². The number of carbonyl (C=O) groups excluding carboxylic acids is 1. The van der Waals surface area contributed by atoms with Gasteiger partial charge in [0.25, 0.3) is 5.92 Å². The van der Waals surface area contributed by atoms with E-state index in [9.17, 15) is 22.0 Å². The maximum atomic E-state index is 15.3. The lowest BCUT2D eigenvalue weighted by Crippen LogP contribution is -2.50. The number of nitrogens with zero attached hydrogens (tertiary/aromatic N) is 3. The summed E-state index contributed by atoms with van der Waals surface area (Å²) < 4.78 is 105. The van der Waals surface area contributed by atoms with E-state index in [-0.39, 0.29) is 22.4 Å². The van der Waals surface area contributed by atoms with Crippen molar-refractivity contribution < 1.29 is 39.7 Å². The number of hydrogen-bond acceptors (Lipinski definition) is 5. The second-order valence-electron chi connectivity index (χ2n) is 8.54. The molecule has 8 nitrogen and oxygen atoms in total. The SMILES string of the molecule is Cc1cc2onc(N3C[C@H]4N(C[C@@H](NS(C)(=O)=O)C4(F)F)C3=O)c2c(-c2c(F)cccc2F)c1F. The van der Waals surface area contributed by atoms with Crippen LogP contribution in [-0.2, 0) is 10.0 Å². The Labute approximate surface area is 195 Å². The maximum Gasteiger partial charge on any atom is 0.326 e. The van der Waals surface area contributed by atoms with Crippen LogP contribution in [0.15, 0.2) is 28.8 Å². The van der Waals surface area contributed by atoms with Gasteiger partial charge in [0.05, 0.1) is 23.8 Å². The molecule has 3 aromatic rings. The fourth-order valence-corrected chi connectivity index (χ4v) is 5.37. The van der Waals surface area contributed by atoms with Gasteiger partial charge >= 0.3 is 6.03 Å². The summed E-state index contributed by atoms with van der Waals surface area (Å²) in [5, 5.41) is 3.48. The Morgan fingerprint density at radius 3 is 2.40 bits per heavy atom. The first-order valence-corrected chi connectivity index (χ1v) is 12.2. The van der Waals surface area contributed by atoms with Gasteiger partial charge in [-0.2, -0.15) is 0 Å². The van der Waals surface area contributed by atoms with Gasteiger partial charge in [-0.05, 0) is 30.7 Å². The number of benzene rings is 2. The number of nitrogens with one attached hydrogen (secondary N) is 1. The third kappa shape index (κ3) is 3.54. The standard InChI is InChI=1S/C21H17F5N4O4S/c1-9-6-12-16(17(18(9)24)15-10(22)4-3-5-11(15)23)19(27-34-12)30-8-14-21(25,26)13(28-35(2,32)33)7-29(14)20(30)31/h3-6,13-14,28H,7-8H2,1-2H3/t13-,14-/m1/s1. The van der Waals surface area contributed by atoms with Crippen LogP contribution in [0.4, 0.5) is 32.6 Å². The number of fused-ring (bicyclic) bond motifs is 2. The molecule has 35 heavy (non-hydrogen) atoms. The minimum Gasteiger partial charge on any atom is -0.354 e. The smallest absolute Gasteiger partial charge is 0.326 e. The molecule has 186 valence electrons. The molecule has 3 heterocycles. The molecule has 0 spiro atoms. The molecule has 5 rings (SSSR count). The van der Waals surface area contributed by atoms with Gasteiger partial charge in [-0.25, -0.2) is 39.9 Å². The second-order valence-corrected chi connectivity index (χ2v) is 10.3. The van der Waals surface area contributed by atoms with Gasteiger partial charge < -0.3 is 9.42 Å². The first-order chi connectivity index (χ1) is 16.3. The number of halogens is 5. The zero-order chi connectivity index (χ0) is 25.4. The van der Waals surface area contributed by atoms with Crippen molar-refractivity contribution in [2.75, 3.05) is 24.2 Å². The number of urea groups is 1. The minimum absolute atomic E-state index is 0.0209. The topological polar surface area (TPSA) is 95.8 Å². The van der Waals surface area contributed by atoms with Gasteiger partial charge in [0.2, 0.25) is 10.0 Å². The van der Waals surface area contributed by atoms with Crippen LogP contribution in [0.25, 0.3) is 22.1 Å². The molecule has 2 aliphatic heterocycles. The Kier molecular flexibility index (Phi) is 5.11. The number of sulfonamides is 1. The summed E-state index contributed by atoms with van der Waals surface area (Å²) in [4.78, 5) is 14.7. The Balaban J connectivity index is 1.63. The number of alkyl halides is 2. The van der Waals surface area contributed by atoms with Crippen LogP contribution in [0.5, 0.6) is 0 Å². The van der Waals surface area contributed by atoms with Gasteiger partial charge in [-0.3, -0.25) is 4.90 Å². The molecule has 0 bridgehead atoms. The molecule has 2 fully saturated rings. The van der Waals surface area contributed by atoms with Gasteiger partial charge in [-0.15, -0.1) is 0 Å². The Morgan fingerprint density at radius 1 is 1.14 bits per heavy atom. The lowest BCUT2D eigenvalue weighted by atomic mass is 9.97. The molecule has 14 heteroatoms. The summed E-state index contributed by atoms with van der Waals surface area (Å²) in [5.74, 6) is -7.20. The zero-order valence-electron chi connectivity index (χ0n) is 18.2. The quantitative estimate of drug-likeness (QED) is 0.537. The van der Waals surface area contributed by atoms with E-state index in [1.807, 2.05) is 4.72 Å². The monoisotopic (exact) mass is 516 g/mol. The zero-order valence-corrected chi connectivity index (χ0v) is 19.0. The molecule has 0 unspecified atom stereocenters. The summed E-state index contributed by atoms with van der Waals surface area (Å²) in [7, 11) is -3.99. The molecule has 2 aromatic carbocycles. The van der Waals surface area contributed by atoms with Crippen molar-refractivity contribution in [1.82, 2.24) is 14.8 Å². The summed E-state index contributed by atoms with van der Waals surface area (Å²) >= 11 is 0. The van der Waals surface area contributed by atoms with Crippen molar-refractivity contribution >= 4 is 32.8 Å². The molecule has 0 saturated carbocycles. The summed E-state index contributed by atoms with van der Waals surface area (Å²) in [5.41, 5.74) is -1.42. The number of aryl methyl sites for hydroxylation is 1. The van der Waals surface area contributed by atoms with Crippen LogP contribution >= 0.6 is 0 Å². The molecule has 2 atom stereocenters. The molecule has 2 saturated heterocycles. The number of aromatic nitrogens is 1. The fourth-order valence-electron chi connectivity index (χ4n) is 4.62. The molecular weight excluding hydrogens is 499 g/mol. The van der Waals surface area contributed by atoms with Gasteiger partial charge in [0, 0.05) is 12.1 Å². The van der Waals surface area contributed by atoms with E-state index < -0.39 is 75.7 Å².